The number of fused-ring (bicyclic) bond motifs is 1. The highest BCUT2D eigenvalue weighted by atomic mass is 32.2. The lowest BCUT2D eigenvalue weighted by Gasteiger charge is -2.07. The molecule has 1 heterocycles. The number of carbonyl (C=O) groups is 1. The highest BCUT2D eigenvalue weighted by Crippen LogP contribution is 2.27. The first-order valence-corrected chi connectivity index (χ1v) is 8.26. The Balaban J connectivity index is 2.07. The van der Waals surface area contributed by atoms with Gasteiger partial charge in [-0.3, -0.25) is 4.79 Å². The van der Waals surface area contributed by atoms with Gasteiger partial charge in [-0.2, -0.15) is 0 Å². The number of amides is 1. The summed E-state index contributed by atoms with van der Waals surface area (Å²) in [6.07, 6.45) is 0. The molecule has 3 aromatic rings. The molecule has 5 nitrogen and oxygen atoms in total. The van der Waals surface area contributed by atoms with Crippen LogP contribution in [0.15, 0.2) is 58.5 Å². The van der Waals surface area contributed by atoms with E-state index in [4.69, 9.17) is 0 Å². The van der Waals surface area contributed by atoms with Gasteiger partial charge in [0, 0.05) is 23.5 Å². The summed E-state index contributed by atoms with van der Waals surface area (Å²) in [6, 6.07) is 12.0. The van der Waals surface area contributed by atoms with Gasteiger partial charge in [-0.05, 0) is 30.3 Å². The Morgan fingerprint density at radius 2 is 1.87 bits per heavy atom. The van der Waals surface area contributed by atoms with Crippen LogP contribution in [-0.4, -0.2) is 19.3 Å². The number of aromatic amines is 1. The van der Waals surface area contributed by atoms with Gasteiger partial charge in [0.2, 0.25) is 15.7 Å². The van der Waals surface area contributed by atoms with Crippen LogP contribution in [0.2, 0.25) is 0 Å². The molecule has 0 aliphatic rings. The van der Waals surface area contributed by atoms with Crippen molar-refractivity contribution >= 4 is 32.3 Å². The largest absolute Gasteiger partial charge is 0.345 e. The van der Waals surface area contributed by atoms with E-state index in [1.54, 1.807) is 24.3 Å². The normalized spacial score (nSPS) is 11.6. The molecule has 0 fully saturated rings. The van der Waals surface area contributed by atoms with Gasteiger partial charge in [0.15, 0.2) is 0 Å². The van der Waals surface area contributed by atoms with Crippen molar-refractivity contribution in [1.82, 2.24) is 4.98 Å². The van der Waals surface area contributed by atoms with E-state index in [0.29, 0.717) is 5.52 Å². The molecule has 1 aromatic heterocycles. The zero-order chi connectivity index (χ0) is 16.6. The van der Waals surface area contributed by atoms with Gasteiger partial charge in [-0.25, -0.2) is 12.8 Å². The number of H-pyrrole nitrogens is 1. The van der Waals surface area contributed by atoms with Gasteiger partial charge in [0.1, 0.15) is 15.7 Å². The van der Waals surface area contributed by atoms with Gasteiger partial charge in [-0.15, -0.1) is 0 Å². The Morgan fingerprint density at radius 3 is 2.52 bits per heavy atom. The van der Waals surface area contributed by atoms with Crippen LogP contribution in [0.25, 0.3) is 10.9 Å². The summed E-state index contributed by atoms with van der Waals surface area (Å²) in [5.41, 5.74) is 0.854. The van der Waals surface area contributed by atoms with Crippen LogP contribution in [0.5, 0.6) is 0 Å². The van der Waals surface area contributed by atoms with E-state index in [1.165, 1.54) is 19.1 Å². The van der Waals surface area contributed by atoms with E-state index in [-0.39, 0.29) is 16.6 Å². The Bertz CT molecular complexity index is 976. The quantitative estimate of drug-likeness (QED) is 0.773. The maximum Gasteiger partial charge on any atom is 0.224 e. The Kier molecular flexibility index (Phi) is 3.65. The lowest BCUT2D eigenvalue weighted by molar-refractivity contribution is -0.114. The van der Waals surface area contributed by atoms with Crippen molar-refractivity contribution in [2.45, 2.75) is 16.8 Å². The molecule has 2 N–H and O–H groups in total. The predicted molar refractivity (Wildman–Crippen MR) is 84.5 cm³/mol. The third kappa shape index (κ3) is 2.83. The number of halogens is 1. The Labute approximate surface area is 132 Å². The van der Waals surface area contributed by atoms with Gasteiger partial charge >= 0.3 is 0 Å². The van der Waals surface area contributed by atoms with Crippen molar-refractivity contribution in [3.63, 3.8) is 0 Å². The minimum Gasteiger partial charge on any atom is -0.345 e. The number of benzene rings is 2. The number of nitrogens with one attached hydrogen (secondary N) is 2. The first-order valence-electron chi connectivity index (χ1n) is 6.78. The lowest BCUT2D eigenvalue weighted by atomic mass is 10.3. The average molecular weight is 332 g/mol. The standard InChI is InChI=1S/C16H13FN2O3S/c1-10(20)18-12-6-7-15(13(17)9-12)23(21,22)16-8-11-4-2-3-5-14(11)19-16/h2-9,19H,1H3,(H,18,20). The maximum absolute atomic E-state index is 14.2. The molecular formula is C16H13FN2O3S. The van der Waals surface area contributed by atoms with Gasteiger partial charge in [0.05, 0.1) is 0 Å². The second kappa shape index (κ2) is 5.51. The summed E-state index contributed by atoms with van der Waals surface area (Å²) < 4.78 is 39.4. The van der Waals surface area contributed by atoms with Crippen LogP contribution >= 0.6 is 0 Å². The summed E-state index contributed by atoms with van der Waals surface area (Å²) in [4.78, 5) is 13.3. The van der Waals surface area contributed by atoms with Crippen molar-refractivity contribution in [2.75, 3.05) is 5.32 Å². The molecule has 2 aromatic carbocycles. The van der Waals surface area contributed by atoms with E-state index in [2.05, 4.69) is 10.3 Å². The Hall–Kier alpha value is -2.67. The van der Waals surface area contributed by atoms with Gasteiger partial charge < -0.3 is 10.3 Å². The molecule has 0 bridgehead atoms. The number of aromatic nitrogens is 1. The maximum atomic E-state index is 14.2. The number of rotatable bonds is 3. The minimum absolute atomic E-state index is 0.0788. The van der Waals surface area contributed by atoms with Crippen LogP contribution in [0.4, 0.5) is 10.1 Å². The molecule has 0 aliphatic heterocycles. The SMILES string of the molecule is CC(=O)Nc1ccc(S(=O)(=O)c2cc3ccccc3[nH]2)c(F)c1. The fourth-order valence-electron chi connectivity index (χ4n) is 2.31. The smallest absolute Gasteiger partial charge is 0.224 e. The van der Waals surface area contributed by atoms with Crippen LogP contribution in [0, 0.1) is 5.82 Å². The minimum atomic E-state index is -4.02. The van der Waals surface area contributed by atoms with E-state index in [1.807, 2.05) is 0 Å². The van der Waals surface area contributed by atoms with Crippen molar-refractivity contribution in [2.24, 2.45) is 0 Å². The van der Waals surface area contributed by atoms with E-state index >= 15 is 0 Å². The number of para-hydroxylation sites is 1. The van der Waals surface area contributed by atoms with E-state index < -0.39 is 20.5 Å². The summed E-state index contributed by atoms with van der Waals surface area (Å²) in [7, 11) is -4.02. The molecule has 0 aliphatic carbocycles. The van der Waals surface area contributed by atoms with Crippen molar-refractivity contribution in [3.05, 3.63) is 54.3 Å². The van der Waals surface area contributed by atoms with Crippen LogP contribution in [-0.2, 0) is 14.6 Å². The molecule has 0 saturated heterocycles. The monoisotopic (exact) mass is 332 g/mol. The second-order valence-corrected chi connectivity index (χ2v) is 6.94. The van der Waals surface area contributed by atoms with Crippen LogP contribution in [0.1, 0.15) is 6.92 Å². The number of hydrogen-bond acceptors (Lipinski definition) is 3. The highest BCUT2D eigenvalue weighted by molar-refractivity contribution is 7.91. The van der Waals surface area contributed by atoms with E-state index in [0.717, 1.165) is 17.5 Å². The molecule has 7 heteroatoms. The van der Waals surface area contributed by atoms with Crippen LogP contribution < -0.4 is 5.32 Å². The summed E-state index contributed by atoms with van der Waals surface area (Å²) >= 11 is 0. The Morgan fingerprint density at radius 1 is 1.13 bits per heavy atom. The highest BCUT2D eigenvalue weighted by Gasteiger charge is 2.24. The number of hydrogen-bond donors (Lipinski definition) is 2. The number of carbonyl (C=O) groups excluding carboxylic acids is 1. The summed E-state index contributed by atoms with van der Waals surface area (Å²) in [5.74, 6) is -1.29. The third-order valence-corrected chi connectivity index (χ3v) is 5.05. The molecule has 0 saturated carbocycles. The van der Waals surface area contributed by atoms with Crippen molar-refractivity contribution in [1.29, 1.82) is 0 Å². The van der Waals surface area contributed by atoms with Crippen molar-refractivity contribution in [3.8, 4) is 0 Å². The molecule has 3 rings (SSSR count). The zero-order valence-corrected chi connectivity index (χ0v) is 12.9. The van der Waals surface area contributed by atoms with Gasteiger partial charge in [0.25, 0.3) is 0 Å². The average Bonchev–Trinajstić information content (AvgIpc) is 2.91. The first kappa shape index (κ1) is 15.2. The number of sulfone groups is 1. The topological polar surface area (TPSA) is 79.0 Å². The van der Waals surface area contributed by atoms with Crippen LogP contribution in [0.3, 0.4) is 0 Å². The predicted octanol–water partition coefficient (Wildman–Crippen LogP) is 3.10. The zero-order valence-electron chi connectivity index (χ0n) is 12.1. The number of anilines is 1. The summed E-state index contributed by atoms with van der Waals surface area (Å²) in [6.45, 7) is 1.28. The van der Waals surface area contributed by atoms with Crippen molar-refractivity contribution < 1.29 is 17.6 Å². The molecular weight excluding hydrogens is 319 g/mol. The van der Waals surface area contributed by atoms with E-state index in [9.17, 15) is 17.6 Å². The second-order valence-electron chi connectivity index (χ2n) is 5.05. The molecule has 0 spiro atoms. The third-order valence-electron chi connectivity index (χ3n) is 3.34. The molecule has 1 amide bonds. The fourth-order valence-corrected chi connectivity index (χ4v) is 3.64. The lowest BCUT2D eigenvalue weighted by Crippen LogP contribution is -2.08. The summed E-state index contributed by atoms with van der Waals surface area (Å²) in [5, 5.41) is 3.05. The molecule has 118 valence electrons. The first-order chi connectivity index (χ1) is 10.9. The molecule has 23 heavy (non-hydrogen) atoms. The molecule has 0 atom stereocenters. The molecule has 0 radical (unpaired) electrons. The fraction of sp³-hybridized carbons (Fsp3) is 0.0625. The van der Waals surface area contributed by atoms with Gasteiger partial charge in [-0.1, -0.05) is 18.2 Å². The molecule has 0 unspecified atom stereocenters.